The van der Waals surface area contributed by atoms with Crippen LogP contribution in [0, 0.1) is 17.8 Å². The average molecular weight is 359 g/mol. The van der Waals surface area contributed by atoms with Crippen LogP contribution in [0.15, 0.2) is 0 Å². The molecule has 2 rings (SSSR count). The van der Waals surface area contributed by atoms with Crippen molar-refractivity contribution < 1.29 is 2.87 Å². The summed E-state index contributed by atoms with van der Waals surface area (Å²) in [4.78, 5) is 0. The molecule has 0 N–H and O–H groups in total. The Morgan fingerprint density at radius 2 is 1.33 bits per heavy atom. The van der Waals surface area contributed by atoms with Crippen molar-refractivity contribution in [2.75, 3.05) is 0 Å². The number of hydrogen-bond donors (Lipinski definition) is 0. The molecule has 2 fully saturated rings. The van der Waals surface area contributed by atoms with Crippen molar-refractivity contribution >= 4 is 21.7 Å². The van der Waals surface area contributed by atoms with Gasteiger partial charge >= 0.3 is 124 Å². The molecule has 0 heterocycles. The van der Waals surface area contributed by atoms with Crippen molar-refractivity contribution in [3.63, 3.8) is 0 Å². The molecule has 2 radical (unpaired) electrons. The second-order valence-corrected chi connectivity index (χ2v) is 8.68. The summed E-state index contributed by atoms with van der Waals surface area (Å²) >= 11 is -1.43. The zero-order valence-electron chi connectivity index (χ0n) is 11.8. The first kappa shape index (κ1) is 15.1. The third kappa shape index (κ3) is 4.68. The molecule has 0 unspecified atom stereocenters. The predicted octanol–water partition coefficient (Wildman–Crippen LogP) is 5.55. The molecule has 2 aliphatic rings. The SMILES string of the molecule is [F][Sn][CH2]CCC(C1CCCCC1)C1CCCCC1. The average Bonchev–Trinajstić information content (AvgIpc) is 2.46. The van der Waals surface area contributed by atoms with Gasteiger partial charge in [0.15, 0.2) is 0 Å². The molecule has 2 aliphatic carbocycles. The summed E-state index contributed by atoms with van der Waals surface area (Å²) in [5, 5.41) is 0. The topological polar surface area (TPSA) is 0 Å². The van der Waals surface area contributed by atoms with E-state index in [4.69, 9.17) is 0 Å². The molecular weight excluding hydrogens is 330 g/mol. The summed E-state index contributed by atoms with van der Waals surface area (Å²) in [6.07, 6.45) is 17.3. The fraction of sp³-hybridized carbons (Fsp3) is 1.00. The van der Waals surface area contributed by atoms with Gasteiger partial charge in [-0.05, 0) is 0 Å². The number of halogens is 1. The molecule has 18 heavy (non-hydrogen) atoms. The van der Waals surface area contributed by atoms with Gasteiger partial charge in [0.2, 0.25) is 0 Å². The monoisotopic (exact) mass is 360 g/mol. The zero-order valence-corrected chi connectivity index (χ0v) is 14.7. The second kappa shape index (κ2) is 8.81. The molecule has 104 valence electrons. The molecule has 0 spiro atoms. The van der Waals surface area contributed by atoms with E-state index in [9.17, 15) is 2.87 Å². The summed E-state index contributed by atoms with van der Waals surface area (Å²) in [7, 11) is 0. The van der Waals surface area contributed by atoms with Gasteiger partial charge in [-0.1, -0.05) is 0 Å². The fourth-order valence-electron chi connectivity index (χ4n) is 4.39. The van der Waals surface area contributed by atoms with Crippen LogP contribution in [0.25, 0.3) is 0 Å². The molecular formula is C16H29FSn. The van der Waals surface area contributed by atoms with Crippen LogP contribution in [0.1, 0.15) is 77.0 Å². The first-order chi connectivity index (χ1) is 8.92. The van der Waals surface area contributed by atoms with Crippen molar-refractivity contribution in [3.8, 4) is 0 Å². The molecule has 0 aliphatic heterocycles. The van der Waals surface area contributed by atoms with Crippen LogP contribution in [0.5, 0.6) is 0 Å². The predicted molar refractivity (Wildman–Crippen MR) is 77.5 cm³/mol. The van der Waals surface area contributed by atoms with Gasteiger partial charge in [0, 0.05) is 0 Å². The van der Waals surface area contributed by atoms with Crippen LogP contribution in [0.3, 0.4) is 0 Å². The Kier molecular flexibility index (Phi) is 7.40. The summed E-state index contributed by atoms with van der Waals surface area (Å²) in [5.41, 5.74) is 0. The normalized spacial score (nSPS) is 23.7. The first-order valence-electron chi connectivity index (χ1n) is 8.25. The van der Waals surface area contributed by atoms with Crippen molar-refractivity contribution in [2.45, 2.75) is 81.5 Å². The van der Waals surface area contributed by atoms with Crippen LogP contribution < -0.4 is 0 Å². The Morgan fingerprint density at radius 3 is 1.78 bits per heavy atom. The Labute approximate surface area is 123 Å². The van der Waals surface area contributed by atoms with E-state index in [1.54, 1.807) is 0 Å². The maximum atomic E-state index is 12.5. The summed E-state index contributed by atoms with van der Waals surface area (Å²) in [6.45, 7) is 0. The first-order valence-corrected chi connectivity index (χ1v) is 11.3. The molecule has 2 heteroatoms. The minimum absolute atomic E-state index is 0.969. The summed E-state index contributed by atoms with van der Waals surface area (Å²) in [6, 6.07) is 0. The van der Waals surface area contributed by atoms with E-state index in [-0.39, 0.29) is 0 Å². The van der Waals surface area contributed by atoms with E-state index in [1.807, 2.05) is 0 Å². The third-order valence-electron chi connectivity index (χ3n) is 5.32. The van der Waals surface area contributed by atoms with Crippen molar-refractivity contribution in [1.82, 2.24) is 0 Å². The van der Waals surface area contributed by atoms with Crippen molar-refractivity contribution in [2.24, 2.45) is 17.8 Å². The van der Waals surface area contributed by atoms with E-state index in [0.29, 0.717) is 0 Å². The molecule has 0 amide bonds. The molecule has 2 saturated carbocycles. The van der Waals surface area contributed by atoms with Crippen LogP contribution in [0.2, 0.25) is 4.44 Å². The number of rotatable bonds is 6. The maximum absolute atomic E-state index is 12.5. The molecule has 0 aromatic heterocycles. The van der Waals surface area contributed by atoms with Gasteiger partial charge < -0.3 is 0 Å². The Hall–Kier alpha value is 0.729. The Bertz CT molecular complexity index is 189. The molecule has 0 aromatic carbocycles. The fourth-order valence-corrected chi connectivity index (χ4v) is 5.35. The molecule has 0 saturated heterocycles. The van der Waals surface area contributed by atoms with Crippen LogP contribution >= 0.6 is 0 Å². The van der Waals surface area contributed by atoms with E-state index in [2.05, 4.69) is 0 Å². The Balaban J connectivity index is 1.87. The van der Waals surface area contributed by atoms with Gasteiger partial charge in [-0.2, -0.15) is 0 Å². The van der Waals surface area contributed by atoms with Crippen LogP contribution in [-0.4, -0.2) is 21.7 Å². The van der Waals surface area contributed by atoms with Gasteiger partial charge in [0.1, 0.15) is 0 Å². The second-order valence-electron chi connectivity index (χ2n) is 6.49. The van der Waals surface area contributed by atoms with Crippen LogP contribution in [-0.2, 0) is 0 Å². The van der Waals surface area contributed by atoms with Gasteiger partial charge in [-0.15, -0.1) is 0 Å². The van der Waals surface area contributed by atoms with Gasteiger partial charge in [0.25, 0.3) is 0 Å². The van der Waals surface area contributed by atoms with E-state index in [1.165, 1.54) is 77.0 Å². The van der Waals surface area contributed by atoms with Gasteiger partial charge in [-0.3, -0.25) is 0 Å². The molecule has 0 bridgehead atoms. The molecule has 0 aromatic rings. The van der Waals surface area contributed by atoms with E-state index < -0.39 is 21.7 Å². The quantitative estimate of drug-likeness (QED) is 0.431. The van der Waals surface area contributed by atoms with Crippen LogP contribution in [0.4, 0.5) is 2.87 Å². The van der Waals surface area contributed by atoms with E-state index >= 15 is 0 Å². The van der Waals surface area contributed by atoms with Crippen molar-refractivity contribution in [3.05, 3.63) is 0 Å². The molecule has 0 atom stereocenters. The standard InChI is InChI=1S/C16H29.FH.Sn/c1-2-9-16(14-10-5-3-6-11-14)15-12-7-4-8-13-15;;/h14-16H,1-13H2;1H;/q;;+1/p-1. The van der Waals surface area contributed by atoms with Gasteiger partial charge in [-0.25, -0.2) is 0 Å². The minimum atomic E-state index is -1.43. The van der Waals surface area contributed by atoms with Crippen molar-refractivity contribution in [1.29, 1.82) is 0 Å². The van der Waals surface area contributed by atoms with Gasteiger partial charge in [0.05, 0.1) is 0 Å². The third-order valence-corrected chi connectivity index (χ3v) is 6.87. The zero-order chi connectivity index (χ0) is 12.6. The Morgan fingerprint density at radius 1 is 0.833 bits per heavy atom. The summed E-state index contributed by atoms with van der Waals surface area (Å²) in [5.74, 6) is 2.98. The molecule has 0 nitrogen and oxygen atoms in total. The summed E-state index contributed by atoms with van der Waals surface area (Å²) < 4.78 is 13.5. The van der Waals surface area contributed by atoms with E-state index in [0.717, 1.165) is 22.2 Å². The number of hydrogen-bond acceptors (Lipinski definition) is 0.